The van der Waals surface area contributed by atoms with Gasteiger partial charge < -0.3 is 15.3 Å². The van der Waals surface area contributed by atoms with Crippen molar-refractivity contribution in [2.45, 2.75) is 76.9 Å². The molecule has 5 heteroatoms. The van der Waals surface area contributed by atoms with Crippen molar-refractivity contribution in [3.05, 3.63) is 24.3 Å². The second-order valence-electron chi connectivity index (χ2n) is 6.87. The Hall–Kier alpha value is -1.46. The van der Waals surface area contributed by atoms with E-state index in [1.165, 1.54) is 12.8 Å². The van der Waals surface area contributed by atoms with Gasteiger partial charge in [-0.3, -0.25) is 9.59 Å². The number of carboxylic acids is 1. The number of aliphatic hydroxyl groups excluding tert-OH is 2. The van der Waals surface area contributed by atoms with Crippen molar-refractivity contribution in [3.63, 3.8) is 0 Å². The normalized spacial score (nSPS) is 25.2. The van der Waals surface area contributed by atoms with E-state index < -0.39 is 24.1 Å². The number of unbranched alkanes of at least 4 members (excludes halogenated alkanes) is 3. The predicted octanol–water partition coefficient (Wildman–Crippen LogP) is 3.25. The number of carbonyl (C=O) groups excluding carboxylic acids is 1. The molecule has 1 aliphatic rings. The lowest BCUT2D eigenvalue weighted by atomic mass is 9.88. The average Bonchev–Trinajstić information content (AvgIpc) is 2.82. The lowest BCUT2D eigenvalue weighted by molar-refractivity contribution is -0.137. The molecule has 0 bridgehead atoms. The Morgan fingerprint density at radius 3 is 2.72 bits per heavy atom. The van der Waals surface area contributed by atoms with Crippen LogP contribution >= 0.6 is 0 Å². The molecule has 0 aromatic rings. The first-order chi connectivity index (χ1) is 12.0. The first kappa shape index (κ1) is 21.6. The third kappa shape index (κ3) is 8.45. The highest BCUT2D eigenvalue weighted by Gasteiger charge is 2.39. The standard InChI is InChI=1S/C20H32O5/c1-2-3-4-5-6-7-9-15(21)12-13-17-16(10-8-11-20(24)25)18(22)14-19(17)23/h6-7,12-13,15-18,21-22H,2-5,8-11,14H2,1H3,(H,24,25)/b7-6-,13-12+/t15-,16+,17-,18-/m1/s1. The maximum Gasteiger partial charge on any atom is 0.303 e. The van der Waals surface area contributed by atoms with Crippen molar-refractivity contribution in [3.8, 4) is 0 Å². The third-order valence-corrected chi connectivity index (χ3v) is 4.72. The number of ketones is 1. The Labute approximate surface area is 150 Å². The molecule has 0 saturated heterocycles. The summed E-state index contributed by atoms with van der Waals surface area (Å²) in [5, 5.41) is 28.8. The molecule has 1 rings (SSSR count). The SMILES string of the molecule is CCCCC/C=C\C[C@@H](O)/C=C/[C@H]1C(=O)C[C@@H](O)[C@H]1CCCC(=O)O. The number of aliphatic hydroxyl groups is 2. The number of carbonyl (C=O) groups is 2. The molecule has 0 radical (unpaired) electrons. The van der Waals surface area contributed by atoms with E-state index in [0.717, 1.165) is 12.8 Å². The lowest BCUT2D eigenvalue weighted by Crippen LogP contribution is -2.20. The van der Waals surface area contributed by atoms with E-state index in [9.17, 15) is 19.8 Å². The Kier molecular flexibility index (Phi) is 10.3. The van der Waals surface area contributed by atoms with Crippen LogP contribution in [0.2, 0.25) is 0 Å². The number of allylic oxidation sites excluding steroid dienone is 2. The molecular weight excluding hydrogens is 320 g/mol. The van der Waals surface area contributed by atoms with Crippen LogP contribution in [0.1, 0.15) is 64.7 Å². The number of hydrogen-bond donors (Lipinski definition) is 3. The summed E-state index contributed by atoms with van der Waals surface area (Å²) >= 11 is 0. The highest BCUT2D eigenvalue weighted by atomic mass is 16.4. The van der Waals surface area contributed by atoms with Gasteiger partial charge >= 0.3 is 5.97 Å². The van der Waals surface area contributed by atoms with Gasteiger partial charge in [-0.1, -0.05) is 44.1 Å². The number of rotatable bonds is 12. The van der Waals surface area contributed by atoms with Gasteiger partial charge in [0.1, 0.15) is 5.78 Å². The first-order valence-corrected chi connectivity index (χ1v) is 9.39. The quantitative estimate of drug-likeness (QED) is 0.370. The molecule has 0 aromatic carbocycles. The largest absolute Gasteiger partial charge is 0.481 e. The molecule has 4 atom stereocenters. The van der Waals surface area contributed by atoms with Gasteiger partial charge in [0.2, 0.25) is 0 Å². The van der Waals surface area contributed by atoms with Crippen LogP contribution in [0.15, 0.2) is 24.3 Å². The van der Waals surface area contributed by atoms with Crippen molar-refractivity contribution >= 4 is 11.8 Å². The van der Waals surface area contributed by atoms with Gasteiger partial charge in [-0.15, -0.1) is 0 Å². The maximum atomic E-state index is 12.0. The molecule has 1 saturated carbocycles. The molecule has 25 heavy (non-hydrogen) atoms. The van der Waals surface area contributed by atoms with Crippen LogP contribution in [0.25, 0.3) is 0 Å². The van der Waals surface area contributed by atoms with Crippen LogP contribution in [0.4, 0.5) is 0 Å². The summed E-state index contributed by atoms with van der Waals surface area (Å²) in [6.07, 6.45) is 12.2. The topological polar surface area (TPSA) is 94.8 Å². The minimum atomic E-state index is -0.868. The van der Waals surface area contributed by atoms with Gasteiger partial charge in [-0.05, 0) is 38.0 Å². The highest BCUT2D eigenvalue weighted by Crippen LogP contribution is 2.34. The monoisotopic (exact) mass is 352 g/mol. The zero-order valence-electron chi connectivity index (χ0n) is 15.1. The molecular formula is C20H32O5. The molecule has 0 aromatic heterocycles. The van der Waals surface area contributed by atoms with Crippen LogP contribution in [0.5, 0.6) is 0 Å². The Morgan fingerprint density at radius 1 is 1.28 bits per heavy atom. The summed E-state index contributed by atoms with van der Waals surface area (Å²) in [5.41, 5.74) is 0. The Bertz CT molecular complexity index is 469. The van der Waals surface area contributed by atoms with E-state index >= 15 is 0 Å². The third-order valence-electron chi connectivity index (χ3n) is 4.72. The van der Waals surface area contributed by atoms with E-state index in [-0.39, 0.29) is 24.5 Å². The molecule has 0 unspecified atom stereocenters. The van der Waals surface area contributed by atoms with Crippen LogP contribution < -0.4 is 0 Å². The van der Waals surface area contributed by atoms with E-state index in [2.05, 4.69) is 13.0 Å². The summed E-state index contributed by atoms with van der Waals surface area (Å²) in [5.74, 6) is -1.58. The second-order valence-corrected chi connectivity index (χ2v) is 6.87. The fourth-order valence-corrected chi connectivity index (χ4v) is 3.27. The summed E-state index contributed by atoms with van der Waals surface area (Å²) in [6, 6.07) is 0. The van der Waals surface area contributed by atoms with E-state index in [4.69, 9.17) is 5.11 Å². The van der Waals surface area contributed by atoms with Crippen LogP contribution in [0, 0.1) is 11.8 Å². The molecule has 3 N–H and O–H groups in total. The first-order valence-electron chi connectivity index (χ1n) is 9.39. The molecule has 0 aliphatic heterocycles. The van der Waals surface area contributed by atoms with Gasteiger partial charge in [0.05, 0.1) is 12.2 Å². The maximum absolute atomic E-state index is 12.0. The number of aliphatic carboxylic acids is 1. The molecule has 0 amide bonds. The summed E-state index contributed by atoms with van der Waals surface area (Å²) < 4.78 is 0. The number of hydrogen-bond acceptors (Lipinski definition) is 4. The van der Waals surface area contributed by atoms with Crippen LogP contribution in [0.3, 0.4) is 0 Å². The average molecular weight is 352 g/mol. The van der Waals surface area contributed by atoms with Crippen molar-refractivity contribution in [1.82, 2.24) is 0 Å². The van der Waals surface area contributed by atoms with E-state index in [0.29, 0.717) is 19.3 Å². The fraction of sp³-hybridized carbons (Fsp3) is 0.700. The minimum Gasteiger partial charge on any atom is -0.481 e. The van der Waals surface area contributed by atoms with Crippen molar-refractivity contribution < 1.29 is 24.9 Å². The van der Waals surface area contributed by atoms with E-state index in [1.807, 2.05) is 6.08 Å². The van der Waals surface area contributed by atoms with Crippen molar-refractivity contribution in [2.24, 2.45) is 11.8 Å². The van der Waals surface area contributed by atoms with Crippen LogP contribution in [-0.4, -0.2) is 39.3 Å². The Morgan fingerprint density at radius 2 is 2.04 bits per heavy atom. The summed E-state index contributed by atoms with van der Waals surface area (Å²) in [6.45, 7) is 2.16. The van der Waals surface area contributed by atoms with Gasteiger partial charge in [-0.2, -0.15) is 0 Å². The molecule has 0 heterocycles. The second kappa shape index (κ2) is 12.0. The molecule has 142 valence electrons. The molecule has 1 fully saturated rings. The van der Waals surface area contributed by atoms with Gasteiger partial charge in [0.15, 0.2) is 0 Å². The number of Topliss-reactive ketones (excluding diaryl/α,β-unsaturated/α-hetero) is 1. The van der Waals surface area contributed by atoms with Gasteiger partial charge in [-0.25, -0.2) is 0 Å². The van der Waals surface area contributed by atoms with Gasteiger partial charge in [0, 0.05) is 18.8 Å². The molecule has 1 aliphatic carbocycles. The fourth-order valence-electron chi connectivity index (χ4n) is 3.27. The summed E-state index contributed by atoms with van der Waals surface area (Å²) in [7, 11) is 0. The minimum absolute atomic E-state index is 0.0358. The smallest absolute Gasteiger partial charge is 0.303 e. The lowest BCUT2D eigenvalue weighted by Gasteiger charge is -2.18. The highest BCUT2D eigenvalue weighted by molar-refractivity contribution is 5.86. The van der Waals surface area contributed by atoms with E-state index in [1.54, 1.807) is 12.2 Å². The molecule has 5 nitrogen and oxygen atoms in total. The zero-order valence-corrected chi connectivity index (χ0v) is 15.1. The summed E-state index contributed by atoms with van der Waals surface area (Å²) in [4.78, 5) is 22.7. The predicted molar refractivity (Wildman–Crippen MR) is 97.1 cm³/mol. The number of carboxylic acid groups (broad SMARTS) is 1. The van der Waals surface area contributed by atoms with Crippen LogP contribution in [-0.2, 0) is 9.59 Å². The Balaban J connectivity index is 2.45. The zero-order chi connectivity index (χ0) is 18.7. The van der Waals surface area contributed by atoms with Crippen molar-refractivity contribution in [2.75, 3.05) is 0 Å². The van der Waals surface area contributed by atoms with Gasteiger partial charge in [0.25, 0.3) is 0 Å². The molecule has 0 spiro atoms. The van der Waals surface area contributed by atoms with Crippen molar-refractivity contribution in [1.29, 1.82) is 0 Å².